The molecule has 0 unspecified atom stereocenters. The van der Waals surface area contributed by atoms with Crippen molar-refractivity contribution in [2.24, 2.45) is 0 Å². The van der Waals surface area contributed by atoms with Crippen molar-refractivity contribution in [1.29, 1.82) is 0 Å². The van der Waals surface area contributed by atoms with Crippen molar-refractivity contribution >= 4 is 10.8 Å². The van der Waals surface area contributed by atoms with Crippen LogP contribution in [0.2, 0.25) is 0 Å². The van der Waals surface area contributed by atoms with E-state index in [0.29, 0.717) is 0 Å². The monoisotopic (exact) mass is 354 g/mol. The van der Waals surface area contributed by atoms with E-state index in [4.69, 9.17) is 0 Å². The molecule has 1 aliphatic rings. The summed E-state index contributed by atoms with van der Waals surface area (Å²) in [5, 5.41) is 2.70. The summed E-state index contributed by atoms with van der Waals surface area (Å²) in [4.78, 5) is 0. The Morgan fingerprint density at radius 2 is 0.964 bits per heavy atom. The third kappa shape index (κ3) is 2.18. The second-order valence-electron chi connectivity index (χ2n) is 7.38. The highest BCUT2D eigenvalue weighted by atomic mass is 14.3. The minimum atomic E-state index is 1.25. The van der Waals surface area contributed by atoms with Gasteiger partial charge >= 0.3 is 0 Å². The minimum Gasteiger partial charge on any atom is -0.0622 e. The molecule has 0 aromatic heterocycles. The zero-order chi connectivity index (χ0) is 18.5. The minimum absolute atomic E-state index is 1.25. The van der Waals surface area contributed by atoms with E-state index >= 15 is 0 Å². The quantitative estimate of drug-likeness (QED) is 0.297. The molecule has 0 fully saturated rings. The molecule has 5 aromatic rings. The third-order valence-corrected chi connectivity index (χ3v) is 5.84. The summed E-state index contributed by atoms with van der Waals surface area (Å²) in [5.74, 6) is 0. The van der Waals surface area contributed by atoms with Crippen molar-refractivity contribution in [3.05, 3.63) is 109 Å². The lowest BCUT2D eigenvalue weighted by atomic mass is 9.92. The van der Waals surface area contributed by atoms with Gasteiger partial charge in [0, 0.05) is 0 Å². The van der Waals surface area contributed by atoms with E-state index in [0.717, 1.165) is 0 Å². The van der Waals surface area contributed by atoms with Crippen LogP contribution in [0.15, 0.2) is 109 Å². The molecule has 0 atom stereocenters. The molecular formula is C28H18. The molecule has 0 bridgehead atoms. The van der Waals surface area contributed by atoms with Gasteiger partial charge in [-0.2, -0.15) is 0 Å². The summed E-state index contributed by atoms with van der Waals surface area (Å²) in [6.07, 6.45) is 0. The standard InChI is InChI=1S/C28H18/c1-2-7-19(8-3-1)20-13-15-21(16-14-20)23-18-17-22-9-6-12-25-24-10-4-5-11-26(24)28(23)27(22)25/h1-18H. The van der Waals surface area contributed by atoms with Crippen LogP contribution in [-0.4, -0.2) is 0 Å². The fourth-order valence-corrected chi connectivity index (χ4v) is 4.53. The van der Waals surface area contributed by atoms with Gasteiger partial charge in [0.2, 0.25) is 0 Å². The lowest BCUT2D eigenvalue weighted by Crippen LogP contribution is -1.85. The Labute approximate surface area is 164 Å². The van der Waals surface area contributed by atoms with E-state index < -0.39 is 0 Å². The highest BCUT2D eigenvalue weighted by Crippen LogP contribution is 2.50. The van der Waals surface area contributed by atoms with Gasteiger partial charge in [0.1, 0.15) is 0 Å². The van der Waals surface area contributed by atoms with Gasteiger partial charge in [-0.1, -0.05) is 109 Å². The zero-order valence-electron chi connectivity index (χ0n) is 15.4. The van der Waals surface area contributed by atoms with E-state index in [1.807, 2.05) is 0 Å². The molecule has 130 valence electrons. The molecule has 0 nitrogen and oxygen atoms in total. The fraction of sp³-hybridized carbons (Fsp3) is 0. The molecule has 0 aliphatic heterocycles. The molecule has 5 aromatic carbocycles. The summed E-state index contributed by atoms with van der Waals surface area (Å²) in [6, 6.07) is 39.5. The largest absolute Gasteiger partial charge is 0.0622 e. The maximum Gasteiger partial charge on any atom is -0.00143 e. The van der Waals surface area contributed by atoms with Gasteiger partial charge in [-0.3, -0.25) is 0 Å². The van der Waals surface area contributed by atoms with Gasteiger partial charge in [0.25, 0.3) is 0 Å². The smallest absolute Gasteiger partial charge is 0.00143 e. The average Bonchev–Trinajstić information content (AvgIpc) is 3.12. The Hall–Kier alpha value is -3.64. The van der Waals surface area contributed by atoms with E-state index in [1.165, 1.54) is 55.3 Å². The van der Waals surface area contributed by atoms with Crippen LogP contribution >= 0.6 is 0 Å². The van der Waals surface area contributed by atoms with Crippen LogP contribution in [0.1, 0.15) is 0 Å². The summed E-state index contributed by atoms with van der Waals surface area (Å²) >= 11 is 0. The van der Waals surface area contributed by atoms with Crippen LogP contribution in [0.4, 0.5) is 0 Å². The Morgan fingerprint density at radius 3 is 1.79 bits per heavy atom. The molecule has 0 saturated carbocycles. The van der Waals surface area contributed by atoms with Crippen LogP contribution < -0.4 is 0 Å². The molecule has 0 heteroatoms. The summed E-state index contributed by atoms with van der Waals surface area (Å²) in [7, 11) is 0. The van der Waals surface area contributed by atoms with Gasteiger partial charge in [-0.15, -0.1) is 0 Å². The van der Waals surface area contributed by atoms with Crippen molar-refractivity contribution in [3.8, 4) is 44.5 Å². The van der Waals surface area contributed by atoms with Gasteiger partial charge in [0.15, 0.2) is 0 Å². The molecule has 1 aliphatic carbocycles. The van der Waals surface area contributed by atoms with Crippen molar-refractivity contribution < 1.29 is 0 Å². The van der Waals surface area contributed by atoms with Crippen molar-refractivity contribution in [2.75, 3.05) is 0 Å². The molecule has 0 heterocycles. The number of hydrogen-bond donors (Lipinski definition) is 0. The first-order valence-corrected chi connectivity index (χ1v) is 9.71. The van der Waals surface area contributed by atoms with Crippen LogP contribution in [0.5, 0.6) is 0 Å². The lowest BCUT2D eigenvalue weighted by Gasteiger charge is -2.11. The average molecular weight is 354 g/mol. The molecule has 0 amide bonds. The Morgan fingerprint density at radius 1 is 0.321 bits per heavy atom. The first-order valence-electron chi connectivity index (χ1n) is 9.71. The molecule has 0 saturated heterocycles. The van der Waals surface area contributed by atoms with Crippen LogP contribution in [0, 0.1) is 0 Å². The Balaban J connectivity index is 1.57. The van der Waals surface area contributed by atoms with Crippen molar-refractivity contribution in [1.82, 2.24) is 0 Å². The first-order chi connectivity index (χ1) is 13.9. The van der Waals surface area contributed by atoms with Gasteiger partial charge in [-0.25, -0.2) is 0 Å². The van der Waals surface area contributed by atoms with Gasteiger partial charge in [0.05, 0.1) is 0 Å². The Kier molecular flexibility index (Phi) is 3.27. The lowest BCUT2D eigenvalue weighted by molar-refractivity contribution is 1.60. The number of rotatable bonds is 2. The van der Waals surface area contributed by atoms with Crippen molar-refractivity contribution in [2.45, 2.75) is 0 Å². The molecule has 0 N–H and O–H groups in total. The SMILES string of the molecule is c1ccc(-c2ccc(-c3ccc4cccc5c4c3-c3ccccc3-5)cc2)cc1. The number of benzene rings is 5. The topological polar surface area (TPSA) is 0 Å². The molecule has 28 heavy (non-hydrogen) atoms. The second-order valence-corrected chi connectivity index (χ2v) is 7.38. The van der Waals surface area contributed by atoms with Crippen LogP contribution in [0.3, 0.4) is 0 Å². The predicted molar refractivity (Wildman–Crippen MR) is 119 cm³/mol. The maximum atomic E-state index is 2.28. The molecule has 0 spiro atoms. The van der Waals surface area contributed by atoms with Crippen LogP contribution in [-0.2, 0) is 0 Å². The van der Waals surface area contributed by atoms with E-state index in [2.05, 4.69) is 109 Å². The van der Waals surface area contributed by atoms with E-state index in [9.17, 15) is 0 Å². The second kappa shape index (κ2) is 5.94. The summed E-state index contributed by atoms with van der Waals surface area (Å²) < 4.78 is 0. The van der Waals surface area contributed by atoms with Crippen LogP contribution in [0.25, 0.3) is 55.3 Å². The van der Waals surface area contributed by atoms with Gasteiger partial charge < -0.3 is 0 Å². The highest BCUT2D eigenvalue weighted by Gasteiger charge is 2.23. The highest BCUT2D eigenvalue weighted by molar-refractivity contribution is 6.19. The van der Waals surface area contributed by atoms with E-state index in [-0.39, 0.29) is 0 Å². The molecular weight excluding hydrogens is 336 g/mol. The zero-order valence-corrected chi connectivity index (χ0v) is 15.4. The fourth-order valence-electron chi connectivity index (χ4n) is 4.53. The summed E-state index contributed by atoms with van der Waals surface area (Å²) in [5.41, 5.74) is 10.5. The van der Waals surface area contributed by atoms with Gasteiger partial charge in [-0.05, 0) is 55.3 Å². The molecule has 0 radical (unpaired) electrons. The first kappa shape index (κ1) is 15.4. The van der Waals surface area contributed by atoms with E-state index in [1.54, 1.807) is 0 Å². The normalized spacial score (nSPS) is 11.6. The Bertz CT molecular complexity index is 1330. The number of fused-ring (bicyclic) bond motifs is 3. The predicted octanol–water partition coefficient (Wildman–Crippen LogP) is 7.82. The van der Waals surface area contributed by atoms with Crippen molar-refractivity contribution in [3.63, 3.8) is 0 Å². The number of hydrogen-bond acceptors (Lipinski definition) is 0. The third-order valence-electron chi connectivity index (χ3n) is 5.84. The maximum absolute atomic E-state index is 2.28. The molecule has 6 rings (SSSR count). The summed E-state index contributed by atoms with van der Waals surface area (Å²) in [6.45, 7) is 0.